The minimum absolute atomic E-state index is 0.0738. The number of phenolic OH excluding ortho intramolecular Hbond substituents is 1. The number of phenols is 1. The van der Waals surface area contributed by atoms with Gasteiger partial charge in [-0.25, -0.2) is 5.43 Å². The van der Waals surface area contributed by atoms with Gasteiger partial charge in [0.25, 0.3) is 5.91 Å². The molecule has 2 N–H and O–H groups in total. The third kappa shape index (κ3) is 5.44. The fraction of sp³-hybridized carbons (Fsp3) is 0.263. The number of nitro benzene ring substituents is 1. The van der Waals surface area contributed by atoms with E-state index in [0.29, 0.717) is 11.7 Å². The van der Waals surface area contributed by atoms with Gasteiger partial charge in [-0.1, -0.05) is 26.0 Å². The van der Waals surface area contributed by atoms with Crippen molar-refractivity contribution in [1.29, 1.82) is 0 Å². The summed E-state index contributed by atoms with van der Waals surface area (Å²) in [5.74, 6) is -0.231. The lowest BCUT2D eigenvalue weighted by atomic mass is 10.0. The maximum Gasteiger partial charge on any atom is 0.315 e. The van der Waals surface area contributed by atoms with Crippen molar-refractivity contribution in [3.05, 3.63) is 57.6 Å². The molecule has 2 rings (SSSR count). The van der Waals surface area contributed by atoms with Crippen molar-refractivity contribution in [1.82, 2.24) is 5.43 Å². The van der Waals surface area contributed by atoms with Gasteiger partial charge in [0.15, 0.2) is 12.4 Å². The zero-order chi connectivity index (χ0) is 20.7. The molecule has 0 saturated carbocycles. The number of nitrogens with one attached hydrogen (secondary N) is 1. The number of aromatic hydroxyl groups is 1. The largest absolute Gasteiger partial charge is 0.500 e. The van der Waals surface area contributed by atoms with Crippen LogP contribution in [0.3, 0.4) is 0 Å². The number of carbonyl (C=O) groups is 1. The van der Waals surface area contributed by atoms with Gasteiger partial charge in [-0.2, -0.15) is 5.10 Å². The van der Waals surface area contributed by atoms with Crippen LogP contribution < -0.4 is 14.9 Å². The Morgan fingerprint density at radius 3 is 2.75 bits per heavy atom. The first kappa shape index (κ1) is 20.7. The Morgan fingerprint density at radius 1 is 1.36 bits per heavy atom. The normalized spacial score (nSPS) is 10.9. The van der Waals surface area contributed by atoms with Crippen molar-refractivity contribution in [2.24, 2.45) is 5.10 Å². The summed E-state index contributed by atoms with van der Waals surface area (Å²) in [5, 5.41) is 24.4. The first-order valence-corrected chi connectivity index (χ1v) is 8.42. The van der Waals surface area contributed by atoms with Crippen molar-refractivity contribution < 1.29 is 24.3 Å². The maximum absolute atomic E-state index is 11.9. The minimum Gasteiger partial charge on any atom is -0.500 e. The molecule has 0 aliphatic heterocycles. The summed E-state index contributed by atoms with van der Waals surface area (Å²) in [6.45, 7) is 3.88. The van der Waals surface area contributed by atoms with Gasteiger partial charge in [-0.3, -0.25) is 14.9 Å². The molecule has 0 aliphatic carbocycles. The number of amides is 1. The molecule has 0 spiro atoms. The van der Waals surface area contributed by atoms with Gasteiger partial charge in [-0.15, -0.1) is 0 Å². The van der Waals surface area contributed by atoms with Crippen molar-refractivity contribution >= 4 is 17.8 Å². The molecule has 28 heavy (non-hydrogen) atoms. The Morgan fingerprint density at radius 2 is 2.11 bits per heavy atom. The summed E-state index contributed by atoms with van der Waals surface area (Å²) in [4.78, 5) is 22.1. The van der Waals surface area contributed by atoms with Crippen LogP contribution in [0, 0.1) is 10.1 Å². The second kappa shape index (κ2) is 9.36. The van der Waals surface area contributed by atoms with Gasteiger partial charge in [0, 0.05) is 11.6 Å². The van der Waals surface area contributed by atoms with Crippen LogP contribution in [0.1, 0.15) is 30.9 Å². The molecule has 0 atom stereocenters. The molecule has 9 heteroatoms. The number of benzene rings is 2. The van der Waals surface area contributed by atoms with E-state index in [1.165, 1.54) is 19.4 Å². The van der Waals surface area contributed by atoms with Gasteiger partial charge in [0.1, 0.15) is 5.75 Å². The summed E-state index contributed by atoms with van der Waals surface area (Å²) in [7, 11) is 1.27. The molecular formula is C19H21N3O6. The van der Waals surface area contributed by atoms with Gasteiger partial charge in [-0.05, 0) is 29.7 Å². The number of rotatable bonds is 8. The Balaban J connectivity index is 1.97. The van der Waals surface area contributed by atoms with Crippen LogP contribution in [0.5, 0.6) is 17.2 Å². The molecule has 0 heterocycles. The van der Waals surface area contributed by atoms with Crippen molar-refractivity contribution in [2.45, 2.75) is 19.8 Å². The molecule has 2 aromatic rings. The van der Waals surface area contributed by atoms with Gasteiger partial charge < -0.3 is 14.6 Å². The van der Waals surface area contributed by atoms with Gasteiger partial charge >= 0.3 is 5.69 Å². The van der Waals surface area contributed by atoms with E-state index in [1.807, 2.05) is 18.2 Å². The van der Waals surface area contributed by atoms with Crippen molar-refractivity contribution in [3.8, 4) is 17.2 Å². The van der Waals surface area contributed by atoms with Crippen molar-refractivity contribution in [2.75, 3.05) is 13.7 Å². The standard InChI is InChI=1S/C19H21N3O6/c1-12(2)14-5-4-6-15(9-14)28-11-18(23)21-20-10-13-7-16(22(25)26)19(24)17(8-13)27-3/h4-10,12,24H,11H2,1-3H3,(H,21,23)/b20-10+. The highest BCUT2D eigenvalue weighted by molar-refractivity contribution is 5.85. The molecule has 0 aromatic heterocycles. The molecule has 2 aromatic carbocycles. The van der Waals surface area contributed by atoms with Crippen LogP contribution in [0.15, 0.2) is 41.5 Å². The zero-order valence-electron chi connectivity index (χ0n) is 15.7. The van der Waals surface area contributed by atoms with E-state index in [-0.39, 0.29) is 17.9 Å². The van der Waals surface area contributed by atoms with E-state index >= 15 is 0 Å². The van der Waals surface area contributed by atoms with Crippen LogP contribution in [0.25, 0.3) is 0 Å². The number of nitrogens with zero attached hydrogens (tertiary/aromatic N) is 2. The number of methoxy groups -OCH3 is 1. The molecule has 1 amide bonds. The molecule has 148 valence electrons. The van der Waals surface area contributed by atoms with E-state index in [1.54, 1.807) is 6.07 Å². The lowest BCUT2D eigenvalue weighted by molar-refractivity contribution is -0.386. The predicted molar refractivity (Wildman–Crippen MR) is 103 cm³/mol. The fourth-order valence-electron chi connectivity index (χ4n) is 2.31. The van der Waals surface area contributed by atoms with Crippen LogP contribution >= 0.6 is 0 Å². The fourth-order valence-corrected chi connectivity index (χ4v) is 2.31. The second-order valence-electron chi connectivity index (χ2n) is 6.16. The first-order valence-electron chi connectivity index (χ1n) is 8.42. The van der Waals surface area contributed by atoms with E-state index in [2.05, 4.69) is 24.4 Å². The Kier molecular flexibility index (Phi) is 6.91. The van der Waals surface area contributed by atoms with Crippen LogP contribution in [0.2, 0.25) is 0 Å². The van der Waals surface area contributed by atoms with E-state index in [0.717, 1.165) is 11.6 Å². The molecule has 0 saturated heterocycles. The molecule has 0 unspecified atom stereocenters. The molecule has 0 fully saturated rings. The molecule has 0 bridgehead atoms. The number of ether oxygens (including phenoxy) is 2. The summed E-state index contributed by atoms with van der Waals surface area (Å²) >= 11 is 0. The average molecular weight is 387 g/mol. The predicted octanol–water partition coefficient (Wildman–Crippen LogP) is 2.96. The Hall–Kier alpha value is -3.62. The van der Waals surface area contributed by atoms with Gasteiger partial charge in [0.05, 0.1) is 18.2 Å². The minimum atomic E-state index is -0.743. The highest BCUT2D eigenvalue weighted by atomic mass is 16.6. The number of hydrogen-bond acceptors (Lipinski definition) is 7. The number of carbonyl (C=O) groups excluding carboxylic acids is 1. The zero-order valence-corrected chi connectivity index (χ0v) is 15.7. The van der Waals surface area contributed by atoms with Crippen LogP contribution in [-0.2, 0) is 4.79 Å². The summed E-state index contributed by atoms with van der Waals surface area (Å²) in [6, 6.07) is 9.92. The summed E-state index contributed by atoms with van der Waals surface area (Å²) in [6.07, 6.45) is 1.20. The highest BCUT2D eigenvalue weighted by Gasteiger charge is 2.19. The second-order valence-corrected chi connectivity index (χ2v) is 6.16. The van der Waals surface area contributed by atoms with Crippen LogP contribution in [-0.4, -0.2) is 35.9 Å². The molecule has 9 nitrogen and oxygen atoms in total. The molecular weight excluding hydrogens is 366 g/mol. The summed E-state index contributed by atoms with van der Waals surface area (Å²) < 4.78 is 10.3. The highest BCUT2D eigenvalue weighted by Crippen LogP contribution is 2.36. The Bertz CT molecular complexity index is 895. The lowest BCUT2D eigenvalue weighted by Crippen LogP contribution is -2.24. The molecule has 0 aliphatic rings. The Labute approximate surface area is 161 Å². The number of hydrazone groups is 1. The number of nitro groups is 1. The van der Waals surface area contributed by atoms with Gasteiger partial charge in [0.2, 0.25) is 5.75 Å². The van der Waals surface area contributed by atoms with E-state index in [9.17, 15) is 20.0 Å². The number of hydrogen-bond donors (Lipinski definition) is 2. The quantitative estimate of drug-likeness (QED) is 0.408. The topological polar surface area (TPSA) is 123 Å². The average Bonchev–Trinajstić information content (AvgIpc) is 2.67. The van der Waals surface area contributed by atoms with E-state index < -0.39 is 22.3 Å². The maximum atomic E-state index is 11.9. The lowest BCUT2D eigenvalue weighted by Gasteiger charge is -2.09. The first-order chi connectivity index (χ1) is 13.3. The SMILES string of the molecule is COc1cc(/C=N/NC(=O)COc2cccc(C(C)C)c2)cc([N+](=O)[O-])c1O. The third-order valence-electron chi connectivity index (χ3n) is 3.79. The third-order valence-corrected chi connectivity index (χ3v) is 3.79. The monoisotopic (exact) mass is 387 g/mol. The van der Waals surface area contributed by atoms with E-state index in [4.69, 9.17) is 9.47 Å². The smallest absolute Gasteiger partial charge is 0.315 e. The van der Waals surface area contributed by atoms with Crippen molar-refractivity contribution in [3.63, 3.8) is 0 Å². The van der Waals surface area contributed by atoms with Crippen LogP contribution in [0.4, 0.5) is 5.69 Å². The molecule has 0 radical (unpaired) electrons. The summed E-state index contributed by atoms with van der Waals surface area (Å²) in [5.41, 5.74) is 3.11.